The van der Waals surface area contributed by atoms with Gasteiger partial charge in [-0.25, -0.2) is 0 Å². The number of carbonyl (C=O) groups is 1. The van der Waals surface area contributed by atoms with E-state index in [1.165, 1.54) is 0 Å². The van der Waals surface area contributed by atoms with Crippen LogP contribution in [0.5, 0.6) is 0 Å². The minimum atomic E-state index is -0.188. The summed E-state index contributed by atoms with van der Waals surface area (Å²) in [5, 5.41) is 3.51. The van der Waals surface area contributed by atoms with Gasteiger partial charge in [0, 0.05) is 48.5 Å². The van der Waals surface area contributed by atoms with Crippen molar-refractivity contribution in [1.82, 2.24) is 14.6 Å². The molecule has 156 valence electrons. The maximum absolute atomic E-state index is 13.0. The predicted octanol–water partition coefficient (Wildman–Crippen LogP) is 2.64. The summed E-state index contributed by atoms with van der Waals surface area (Å²) in [7, 11) is 0. The van der Waals surface area contributed by atoms with Gasteiger partial charge in [0.1, 0.15) is 0 Å². The predicted molar refractivity (Wildman–Crippen MR) is 117 cm³/mol. The first-order valence-corrected chi connectivity index (χ1v) is 10.4. The van der Waals surface area contributed by atoms with E-state index in [-0.39, 0.29) is 17.9 Å². The Morgan fingerprint density at radius 2 is 1.70 bits per heavy atom. The Balaban J connectivity index is 1.45. The fraction of sp³-hybridized carbons (Fsp3) is 0.304. The number of benzene rings is 1. The SMILES string of the molecule is O=C(Cc1ccc2ccc(CN3CCOCC3)cn2c1=O)NCc1ccc(Cl)cc1. The minimum absolute atomic E-state index is 0.0447. The van der Waals surface area contributed by atoms with Gasteiger partial charge < -0.3 is 10.1 Å². The van der Waals surface area contributed by atoms with Crippen molar-refractivity contribution in [2.45, 2.75) is 19.5 Å². The number of amides is 1. The third kappa shape index (κ3) is 5.08. The maximum atomic E-state index is 13.0. The molecule has 3 heterocycles. The number of morpholine rings is 1. The van der Waals surface area contributed by atoms with Crippen LogP contribution in [-0.4, -0.2) is 41.5 Å². The van der Waals surface area contributed by atoms with Crippen molar-refractivity contribution in [2.75, 3.05) is 26.3 Å². The van der Waals surface area contributed by atoms with E-state index in [0.717, 1.165) is 49.5 Å². The minimum Gasteiger partial charge on any atom is -0.379 e. The van der Waals surface area contributed by atoms with E-state index in [1.807, 2.05) is 36.5 Å². The highest BCUT2D eigenvalue weighted by molar-refractivity contribution is 6.30. The molecule has 0 saturated carbocycles. The Kier molecular flexibility index (Phi) is 6.47. The number of pyridine rings is 2. The first-order valence-electron chi connectivity index (χ1n) is 10.0. The highest BCUT2D eigenvalue weighted by atomic mass is 35.5. The van der Waals surface area contributed by atoms with E-state index in [9.17, 15) is 9.59 Å². The van der Waals surface area contributed by atoms with E-state index < -0.39 is 0 Å². The van der Waals surface area contributed by atoms with Gasteiger partial charge in [-0.1, -0.05) is 35.9 Å². The molecule has 1 amide bonds. The summed E-state index contributed by atoms with van der Waals surface area (Å²) < 4.78 is 7.03. The zero-order chi connectivity index (χ0) is 20.9. The van der Waals surface area contributed by atoms with Gasteiger partial charge in [0.25, 0.3) is 5.56 Å². The van der Waals surface area contributed by atoms with Gasteiger partial charge in [0.05, 0.1) is 19.6 Å². The first kappa shape index (κ1) is 20.6. The van der Waals surface area contributed by atoms with Crippen molar-refractivity contribution in [3.8, 4) is 0 Å². The van der Waals surface area contributed by atoms with Crippen LogP contribution >= 0.6 is 11.6 Å². The Hall–Kier alpha value is -2.67. The van der Waals surface area contributed by atoms with Gasteiger partial charge >= 0.3 is 0 Å². The van der Waals surface area contributed by atoms with Crippen LogP contribution in [-0.2, 0) is 29.0 Å². The van der Waals surface area contributed by atoms with Crippen molar-refractivity contribution in [1.29, 1.82) is 0 Å². The molecule has 0 bridgehead atoms. The van der Waals surface area contributed by atoms with Crippen molar-refractivity contribution in [3.63, 3.8) is 0 Å². The molecule has 30 heavy (non-hydrogen) atoms. The summed E-state index contributed by atoms with van der Waals surface area (Å²) in [6, 6.07) is 14.9. The molecule has 4 rings (SSSR count). The third-order valence-corrected chi connectivity index (χ3v) is 5.51. The molecular weight excluding hydrogens is 402 g/mol. The average molecular weight is 426 g/mol. The summed E-state index contributed by atoms with van der Waals surface area (Å²) in [6.45, 7) is 4.43. The molecule has 0 atom stereocenters. The largest absolute Gasteiger partial charge is 0.379 e. The number of carbonyl (C=O) groups excluding carboxylic acids is 1. The van der Waals surface area contributed by atoms with E-state index in [4.69, 9.17) is 16.3 Å². The summed E-state index contributed by atoms with van der Waals surface area (Å²) >= 11 is 5.88. The standard InChI is InChI=1S/C23H24ClN3O3/c24-20-5-1-17(2-6-20)14-25-22(28)13-19-4-8-21-7-3-18(16-27(21)23(19)29)15-26-9-11-30-12-10-26/h1-8,16H,9-15H2,(H,25,28). The lowest BCUT2D eigenvalue weighted by molar-refractivity contribution is -0.120. The molecule has 1 N–H and O–H groups in total. The van der Waals surface area contributed by atoms with Crippen molar-refractivity contribution >= 4 is 23.0 Å². The number of ether oxygens (including phenoxy) is 1. The number of nitrogens with zero attached hydrogens (tertiary/aromatic N) is 2. The highest BCUT2D eigenvalue weighted by Gasteiger charge is 2.13. The van der Waals surface area contributed by atoms with Crippen molar-refractivity contribution in [2.24, 2.45) is 0 Å². The van der Waals surface area contributed by atoms with Crippen LogP contribution in [0.15, 0.2) is 59.5 Å². The zero-order valence-electron chi connectivity index (χ0n) is 16.6. The molecule has 0 aliphatic carbocycles. The summed E-state index contributed by atoms with van der Waals surface area (Å²) in [6.07, 6.45) is 1.92. The molecule has 0 radical (unpaired) electrons. The summed E-state index contributed by atoms with van der Waals surface area (Å²) in [5.41, 5.74) is 3.16. The second-order valence-electron chi connectivity index (χ2n) is 7.46. The topological polar surface area (TPSA) is 63.1 Å². The van der Waals surface area contributed by atoms with Crippen molar-refractivity contribution < 1.29 is 9.53 Å². The van der Waals surface area contributed by atoms with E-state index in [2.05, 4.69) is 10.2 Å². The van der Waals surface area contributed by atoms with Crippen LogP contribution in [0.25, 0.3) is 5.52 Å². The normalized spacial score (nSPS) is 14.7. The van der Waals surface area contributed by atoms with Crippen LogP contribution in [0.1, 0.15) is 16.7 Å². The van der Waals surface area contributed by atoms with Crippen LogP contribution in [0.2, 0.25) is 5.02 Å². The lowest BCUT2D eigenvalue weighted by Crippen LogP contribution is -2.35. The first-order chi connectivity index (χ1) is 14.6. The van der Waals surface area contributed by atoms with E-state index in [1.54, 1.807) is 22.6 Å². The van der Waals surface area contributed by atoms with Gasteiger partial charge in [0.15, 0.2) is 0 Å². The van der Waals surface area contributed by atoms with Gasteiger partial charge in [-0.2, -0.15) is 0 Å². The molecule has 3 aromatic rings. The maximum Gasteiger partial charge on any atom is 0.258 e. The number of hydrogen-bond donors (Lipinski definition) is 1. The molecule has 1 aliphatic heterocycles. The number of halogens is 1. The monoisotopic (exact) mass is 425 g/mol. The van der Waals surface area contributed by atoms with Crippen LogP contribution in [0, 0.1) is 0 Å². The zero-order valence-corrected chi connectivity index (χ0v) is 17.4. The average Bonchev–Trinajstić information content (AvgIpc) is 2.76. The van der Waals surface area contributed by atoms with Crippen LogP contribution in [0.4, 0.5) is 0 Å². The second-order valence-corrected chi connectivity index (χ2v) is 7.90. The molecule has 6 nitrogen and oxygen atoms in total. The molecule has 7 heteroatoms. The van der Waals surface area contributed by atoms with Gasteiger partial charge in [-0.3, -0.25) is 18.9 Å². The Morgan fingerprint density at radius 3 is 2.47 bits per heavy atom. The highest BCUT2D eigenvalue weighted by Crippen LogP contribution is 2.11. The molecular formula is C23H24ClN3O3. The van der Waals surface area contributed by atoms with Gasteiger partial charge in [-0.15, -0.1) is 0 Å². The van der Waals surface area contributed by atoms with E-state index in [0.29, 0.717) is 17.1 Å². The lowest BCUT2D eigenvalue weighted by atomic mass is 10.1. The molecule has 2 aromatic heterocycles. The quantitative estimate of drug-likeness (QED) is 0.659. The number of hydrogen-bond acceptors (Lipinski definition) is 4. The fourth-order valence-corrected chi connectivity index (χ4v) is 3.69. The Bertz CT molecular complexity index is 1090. The molecule has 0 unspecified atom stereocenters. The molecule has 1 aliphatic rings. The molecule has 0 spiro atoms. The molecule has 1 aromatic carbocycles. The fourth-order valence-electron chi connectivity index (χ4n) is 3.56. The second kappa shape index (κ2) is 9.43. The number of rotatable bonds is 6. The smallest absolute Gasteiger partial charge is 0.258 e. The van der Waals surface area contributed by atoms with Gasteiger partial charge in [-0.05, 0) is 35.4 Å². The third-order valence-electron chi connectivity index (χ3n) is 5.25. The van der Waals surface area contributed by atoms with E-state index >= 15 is 0 Å². The van der Waals surface area contributed by atoms with Crippen molar-refractivity contribution in [3.05, 3.63) is 86.8 Å². The summed E-state index contributed by atoms with van der Waals surface area (Å²) in [5.74, 6) is -0.188. The summed E-state index contributed by atoms with van der Waals surface area (Å²) in [4.78, 5) is 27.6. The van der Waals surface area contributed by atoms with Crippen LogP contribution in [0.3, 0.4) is 0 Å². The lowest BCUT2D eigenvalue weighted by Gasteiger charge is -2.26. The van der Waals surface area contributed by atoms with Gasteiger partial charge in [0.2, 0.25) is 5.91 Å². The van der Waals surface area contributed by atoms with Crippen LogP contribution < -0.4 is 10.9 Å². The number of nitrogens with one attached hydrogen (secondary N) is 1. The molecule has 1 saturated heterocycles. The Morgan fingerprint density at radius 1 is 1.00 bits per heavy atom. The number of aromatic nitrogens is 1. The number of fused-ring (bicyclic) bond motifs is 1. The molecule has 1 fully saturated rings. The Labute approximate surface area is 180 Å².